The summed E-state index contributed by atoms with van der Waals surface area (Å²) in [6.45, 7) is 10.4. The van der Waals surface area contributed by atoms with Gasteiger partial charge in [-0.05, 0) is 19.0 Å². The second-order valence-electron chi connectivity index (χ2n) is 6.72. The second-order valence-corrected chi connectivity index (χ2v) is 12.3. The Balaban J connectivity index is 2.18. The molecule has 0 saturated heterocycles. The van der Waals surface area contributed by atoms with Gasteiger partial charge in [0.05, 0.1) is 5.69 Å². The molecule has 2 rings (SSSR count). The predicted molar refractivity (Wildman–Crippen MR) is 99.7 cm³/mol. The molecule has 0 fully saturated rings. The van der Waals surface area contributed by atoms with E-state index in [1.54, 1.807) is 13.4 Å². The van der Waals surface area contributed by atoms with Crippen molar-refractivity contribution in [3.8, 4) is 0 Å². The average molecular weight is 331 g/mol. The second kappa shape index (κ2) is 7.65. The molecule has 2 aromatic heterocycles. The van der Waals surface area contributed by atoms with Gasteiger partial charge < -0.3 is 9.30 Å². The van der Waals surface area contributed by atoms with E-state index in [4.69, 9.17) is 4.74 Å². The molecule has 0 N–H and O–H groups in total. The van der Waals surface area contributed by atoms with E-state index in [0.29, 0.717) is 6.73 Å². The van der Waals surface area contributed by atoms with Crippen molar-refractivity contribution in [1.29, 1.82) is 0 Å². The number of aliphatic imine (C=N–C) groups is 1. The Morgan fingerprint density at radius 3 is 2.78 bits per heavy atom. The molecule has 0 radical (unpaired) electrons. The van der Waals surface area contributed by atoms with Gasteiger partial charge in [-0.15, -0.1) is 0 Å². The molecule has 6 heteroatoms. The van der Waals surface area contributed by atoms with Crippen LogP contribution >= 0.6 is 0 Å². The number of fused-ring (bicyclic) bond motifs is 1. The van der Waals surface area contributed by atoms with Crippen molar-refractivity contribution in [3.63, 3.8) is 0 Å². The molecule has 2 heterocycles. The highest BCUT2D eigenvalue weighted by Gasteiger charge is 2.13. The van der Waals surface area contributed by atoms with Gasteiger partial charge in [-0.3, -0.25) is 4.99 Å². The van der Waals surface area contributed by atoms with E-state index in [1.165, 1.54) is 6.04 Å². The summed E-state index contributed by atoms with van der Waals surface area (Å²) in [4.78, 5) is 12.9. The van der Waals surface area contributed by atoms with E-state index in [1.807, 2.05) is 36.0 Å². The van der Waals surface area contributed by atoms with E-state index in [2.05, 4.69) is 34.6 Å². The van der Waals surface area contributed by atoms with Crippen LogP contribution < -0.4 is 0 Å². The van der Waals surface area contributed by atoms with Crippen LogP contribution in [0.2, 0.25) is 25.7 Å². The molecule has 5 nitrogen and oxygen atoms in total. The quantitative estimate of drug-likeness (QED) is 0.440. The van der Waals surface area contributed by atoms with Crippen molar-refractivity contribution in [3.05, 3.63) is 30.4 Å². The summed E-state index contributed by atoms with van der Waals surface area (Å²) in [5.74, 6) is 0. The Hall–Kier alpha value is -1.79. The monoisotopic (exact) mass is 330 g/mol. The molecule has 0 amide bonds. The molecular weight excluding hydrogens is 304 g/mol. The summed E-state index contributed by atoms with van der Waals surface area (Å²) in [7, 11) is 0.710. The minimum Gasteiger partial charge on any atom is -0.361 e. The zero-order valence-corrected chi connectivity index (χ0v) is 15.7. The van der Waals surface area contributed by atoms with Crippen molar-refractivity contribution < 1.29 is 4.74 Å². The molecule has 23 heavy (non-hydrogen) atoms. The number of allylic oxidation sites excluding steroid dienone is 2. The van der Waals surface area contributed by atoms with Gasteiger partial charge in [0, 0.05) is 45.1 Å². The van der Waals surface area contributed by atoms with Gasteiger partial charge >= 0.3 is 0 Å². The van der Waals surface area contributed by atoms with Crippen LogP contribution in [0.5, 0.6) is 0 Å². The minimum atomic E-state index is -1.05. The molecule has 0 spiro atoms. The number of hydrogen-bond donors (Lipinski definition) is 0. The van der Waals surface area contributed by atoms with E-state index in [-0.39, 0.29) is 0 Å². The van der Waals surface area contributed by atoms with Crippen LogP contribution in [0.25, 0.3) is 16.6 Å². The molecular formula is C17H26N4OSi. The fourth-order valence-corrected chi connectivity index (χ4v) is 3.05. The number of hydrogen-bond acceptors (Lipinski definition) is 4. The lowest BCUT2D eigenvalue weighted by molar-refractivity contribution is 0.0899. The highest BCUT2D eigenvalue weighted by Crippen LogP contribution is 2.22. The Kier molecular flexibility index (Phi) is 5.84. The first-order valence-corrected chi connectivity index (χ1v) is 11.6. The summed E-state index contributed by atoms with van der Waals surface area (Å²) >= 11 is 0. The first-order chi connectivity index (χ1) is 11.0. The lowest BCUT2D eigenvalue weighted by Crippen LogP contribution is -2.22. The van der Waals surface area contributed by atoms with Crippen molar-refractivity contribution in [2.24, 2.45) is 4.99 Å². The lowest BCUT2D eigenvalue weighted by atomic mass is 10.1. The topological polar surface area (TPSA) is 52.3 Å². The van der Waals surface area contributed by atoms with E-state index >= 15 is 0 Å². The van der Waals surface area contributed by atoms with Gasteiger partial charge in [0.2, 0.25) is 0 Å². The predicted octanol–water partition coefficient (Wildman–Crippen LogP) is 3.85. The van der Waals surface area contributed by atoms with Gasteiger partial charge in [-0.25, -0.2) is 9.97 Å². The fourth-order valence-electron chi connectivity index (χ4n) is 2.29. The highest BCUT2D eigenvalue weighted by atomic mass is 28.3. The third-order valence-corrected chi connectivity index (χ3v) is 5.34. The molecule has 0 atom stereocenters. The molecule has 0 aliphatic heterocycles. The third kappa shape index (κ3) is 4.59. The van der Waals surface area contributed by atoms with Crippen LogP contribution in [-0.4, -0.2) is 42.5 Å². The van der Waals surface area contributed by atoms with Crippen molar-refractivity contribution in [1.82, 2.24) is 14.5 Å². The molecule has 0 aliphatic rings. The minimum absolute atomic E-state index is 0.525. The van der Waals surface area contributed by atoms with Crippen LogP contribution in [0.3, 0.4) is 0 Å². The summed E-state index contributed by atoms with van der Waals surface area (Å²) in [5, 5.41) is 1.02. The maximum absolute atomic E-state index is 5.83. The Bertz CT molecular complexity index is 713. The maximum atomic E-state index is 5.83. The number of nitrogens with zero attached hydrogens (tertiary/aromatic N) is 4. The summed E-state index contributed by atoms with van der Waals surface area (Å²) in [6, 6.07) is 3.21. The molecule has 0 saturated carbocycles. The molecule has 0 unspecified atom stereocenters. The first-order valence-electron chi connectivity index (χ1n) is 7.92. The number of rotatable bonds is 7. The lowest BCUT2D eigenvalue weighted by Gasteiger charge is -2.15. The van der Waals surface area contributed by atoms with Crippen LogP contribution in [0.4, 0.5) is 0 Å². The zero-order valence-electron chi connectivity index (χ0n) is 14.7. The third-order valence-electron chi connectivity index (χ3n) is 3.64. The van der Waals surface area contributed by atoms with Crippen LogP contribution in [0.15, 0.2) is 29.7 Å². The fraction of sp³-hybridized carbons (Fsp3) is 0.471. The maximum Gasteiger partial charge on any atom is 0.145 e. The standard InChI is InChI=1S/C17H26N4OSi/c1-6-14(11-18-2)16-15-7-8-21(17(15)20-12-19-16)13-22-9-10-23(3,4)5/h6-8,11-12H,9-10,13H2,1-5H3/b14-6+,18-11+. The average Bonchev–Trinajstić information content (AvgIpc) is 2.91. The largest absolute Gasteiger partial charge is 0.361 e. The van der Waals surface area contributed by atoms with Crippen LogP contribution in [0.1, 0.15) is 12.6 Å². The van der Waals surface area contributed by atoms with Crippen molar-refractivity contribution in [2.45, 2.75) is 39.3 Å². The number of ether oxygens (including phenoxy) is 1. The van der Waals surface area contributed by atoms with Crippen LogP contribution in [0, 0.1) is 0 Å². The first kappa shape index (κ1) is 17.6. The molecule has 0 aromatic carbocycles. The van der Waals surface area contributed by atoms with Crippen molar-refractivity contribution in [2.75, 3.05) is 13.7 Å². The van der Waals surface area contributed by atoms with Gasteiger partial charge in [0.1, 0.15) is 18.7 Å². The molecule has 0 bridgehead atoms. The summed E-state index contributed by atoms with van der Waals surface area (Å²) in [5.41, 5.74) is 2.80. The summed E-state index contributed by atoms with van der Waals surface area (Å²) < 4.78 is 7.86. The van der Waals surface area contributed by atoms with E-state index < -0.39 is 8.07 Å². The van der Waals surface area contributed by atoms with Gasteiger partial charge in [-0.1, -0.05) is 25.7 Å². The number of aromatic nitrogens is 3. The van der Waals surface area contributed by atoms with Crippen LogP contribution in [-0.2, 0) is 11.5 Å². The van der Waals surface area contributed by atoms with Gasteiger partial charge in [-0.2, -0.15) is 0 Å². The Labute approximate surface area is 139 Å². The zero-order chi connectivity index (χ0) is 16.9. The van der Waals surface area contributed by atoms with E-state index in [0.717, 1.165) is 28.9 Å². The van der Waals surface area contributed by atoms with Gasteiger partial charge in [0.25, 0.3) is 0 Å². The Morgan fingerprint density at radius 2 is 2.13 bits per heavy atom. The van der Waals surface area contributed by atoms with Crippen molar-refractivity contribution >= 4 is 30.9 Å². The van der Waals surface area contributed by atoms with Gasteiger partial charge in [0.15, 0.2) is 0 Å². The molecule has 124 valence electrons. The normalized spacial score (nSPS) is 13.3. The Morgan fingerprint density at radius 1 is 1.35 bits per heavy atom. The highest BCUT2D eigenvalue weighted by molar-refractivity contribution is 6.76. The SMILES string of the molecule is C/C=C(\C=N\C)c1ncnc2c1ccn2COCC[Si](C)(C)C. The van der Waals surface area contributed by atoms with E-state index in [9.17, 15) is 0 Å². The molecule has 2 aromatic rings. The smallest absolute Gasteiger partial charge is 0.145 e. The summed E-state index contributed by atoms with van der Waals surface area (Å²) in [6.07, 6.45) is 7.44. The molecule has 0 aliphatic carbocycles.